The van der Waals surface area contributed by atoms with Crippen molar-refractivity contribution >= 4 is 5.91 Å². The summed E-state index contributed by atoms with van der Waals surface area (Å²) >= 11 is 0. The maximum Gasteiger partial charge on any atom is 0.221 e. The van der Waals surface area contributed by atoms with Crippen molar-refractivity contribution in [1.29, 1.82) is 0 Å². The second-order valence-corrected chi connectivity index (χ2v) is 6.15. The van der Waals surface area contributed by atoms with E-state index in [0.717, 1.165) is 31.2 Å². The van der Waals surface area contributed by atoms with Crippen LogP contribution < -0.4 is 11.1 Å². The predicted molar refractivity (Wildman–Crippen MR) is 83.6 cm³/mol. The molecule has 1 saturated carbocycles. The molecule has 1 fully saturated rings. The number of nitrogens with two attached hydrogens (primary N) is 1. The number of rotatable bonds is 6. The molecule has 1 aliphatic carbocycles. The number of benzene rings is 1. The van der Waals surface area contributed by atoms with Crippen molar-refractivity contribution < 1.29 is 9.90 Å². The molecule has 0 aromatic heterocycles. The first-order valence-electron chi connectivity index (χ1n) is 7.84. The average Bonchev–Trinajstić information content (AvgIpc) is 2.54. The van der Waals surface area contributed by atoms with Crippen LogP contribution in [-0.2, 0) is 4.79 Å². The van der Waals surface area contributed by atoms with Gasteiger partial charge in [0, 0.05) is 6.42 Å². The van der Waals surface area contributed by atoms with Crippen molar-refractivity contribution in [2.24, 2.45) is 11.1 Å². The Kier molecular flexibility index (Phi) is 5.76. The molecule has 21 heavy (non-hydrogen) atoms. The monoisotopic (exact) mass is 290 g/mol. The summed E-state index contributed by atoms with van der Waals surface area (Å²) in [6.45, 7) is 0.473. The molecule has 0 spiro atoms. The fraction of sp³-hybridized carbons (Fsp3) is 0.588. The summed E-state index contributed by atoms with van der Waals surface area (Å²) in [5, 5.41) is 12.5. The number of hydrogen-bond acceptors (Lipinski definition) is 3. The molecule has 0 bridgehead atoms. The highest BCUT2D eigenvalue weighted by Gasteiger charge is 2.33. The van der Waals surface area contributed by atoms with Crippen LogP contribution in [0.15, 0.2) is 30.3 Å². The van der Waals surface area contributed by atoms with E-state index in [-0.39, 0.29) is 24.0 Å². The third kappa shape index (κ3) is 4.29. The van der Waals surface area contributed by atoms with E-state index in [1.165, 1.54) is 6.42 Å². The number of aliphatic hydroxyl groups is 1. The van der Waals surface area contributed by atoms with Gasteiger partial charge in [-0.3, -0.25) is 4.79 Å². The Balaban J connectivity index is 1.96. The predicted octanol–water partition coefficient (Wildman–Crippen LogP) is 2.14. The molecule has 0 unspecified atom stereocenters. The Morgan fingerprint density at radius 3 is 2.48 bits per heavy atom. The zero-order valence-corrected chi connectivity index (χ0v) is 12.6. The lowest BCUT2D eigenvalue weighted by atomic mass is 9.71. The molecule has 1 aliphatic rings. The van der Waals surface area contributed by atoms with Gasteiger partial charge in [-0.25, -0.2) is 0 Å². The lowest BCUT2D eigenvalue weighted by Crippen LogP contribution is -2.40. The fourth-order valence-electron chi connectivity index (χ4n) is 3.26. The van der Waals surface area contributed by atoms with Gasteiger partial charge in [0.05, 0.1) is 12.6 Å². The first-order valence-corrected chi connectivity index (χ1v) is 7.84. The Bertz CT molecular complexity index is 441. The summed E-state index contributed by atoms with van der Waals surface area (Å²) in [5.41, 5.74) is 6.82. The van der Waals surface area contributed by atoms with Gasteiger partial charge in [-0.15, -0.1) is 0 Å². The molecule has 116 valence electrons. The summed E-state index contributed by atoms with van der Waals surface area (Å²) in [5.74, 6) is -0.00902. The van der Waals surface area contributed by atoms with E-state index >= 15 is 0 Å². The normalized spacial score (nSPS) is 19.0. The van der Waals surface area contributed by atoms with Crippen molar-refractivity contribution in [3.63, 3.8) is 0 Å². The lowest BCUT2D eigenvalue weighted by Gasteiger charge is -2.36. The summed E-state index contributed by atoms with van der Waals surface area (Å²) in [7, 11) is 0. The minimum absolute atomic E-state index is 0.00902. The van der Waals surface area contributed by atoms with Gasteiger partial charge in [0.15, 0.2) is 0 Å². The average molecular weight is 290 g/mol. The highest BCUT2D eigenvalue weighted by molar-refractivity contribution is 5.77. The van der Waals surface area contributed by atoms with Crippen LogP contribution >= 0.6 is 0 Å². The van der Waals surface area contributed by atoms with Gasteiger partial charge in [-0.1, -0.05) is 49.6 Å². The number of hydrogen-bond donors (Lipinski definition) is 3. The number of aliphatic hydroxyl groups excluding tert-OH is 1. The van der Waals surface area contributed by atoms with Crippen LogP contribution in [0.3, 0.4) is 0 Å². The molecule has 0 heterocycles. The fourth-order valence-corrected chi connectivity index (χ4v) is 3.26. The van der Waals surface area contributed by atoms with E-state index in [9.17, 15) is 9.90 Å². The Morgan fingerprint density at radius 2 is 1.90 bits per heavy atom. The minimum atomic E-state index is -0.336. The van der Waals surface area contributed by atoms with Crippen LogP contribution in [0.5, 0.6) is 0 Å². The topological polar surface area (TPSA) is 75.4 Å². The van der Waals surface area contributed by atoms with Gasteiger partial charge in [0.1, 0.15) is 0 Å². The molecule has 1 aromatic carbocycles. The maximum absolute atomic E-state index is 12.3. The van der Waals surface area contributed by atoms with E-state index < -0.39 is 0 Å². The highest BCUT2D eigenvalue weighted by atomic mass is 16.3. The summed E-state index contributed by atoms with van der Waals surface area (Å²) in [4.78, 5) is 12.3. The Labute approximate surface area is 126 Å². The van der Waals surface area contributed by atoms with Crippen LogP contribution in [0.1, 0.15) is 50.1 Å². The highest BCUT2D eigenvalue weighted by Crippen LogP contribution is 2.38. The lowest BCUT2D eigenvalue weighted by molar-refractivity contribution is -0.125. The molecule has 0 aliphatic heterocycles. The SMILES string of the molecule is NCC1(CC(=O)N[C@@H](CO)c2ccccc2)CCCCC1. The smallest absolute Gasteiger partial charge is 0.221 e. The van der Waals surface area contributed by atoms with Crippen LogP contribution in [0, 0.1) is 5.41 Å². The molecule has 1 amide bonds. The van der Waals surface area contributed by atoms with E-state index in [1.807, 2.05) is 30.3 Å². The van der Waals surface area contributed by atoms with Crippen molar-refractivity contribution in [1.82, 2.24) is 5.32 Å². The van der Waals surface area contributed by atoms with Crippen LogP contribution in [0.25, 0.3) is 0 Å². The van der Waals surface area contributed by atoms with Gasteiger partial charge in [0.2, 0.25) is 5.91 Å². The van der Waals surface area contributed by atoms with E-state index in [2.05, 4.69) is 5.32 Å². The second-order valence-electron chi connectivity index (χ2n) is 6.15. The van der Waals surface area contributed by atoms with Crippen molar-refractivity contribution in [3.8, 4) is 0 Å². The van der Waals surface area contributed by atoms with Gasteiger partial charge in [0.25, 0.3) is 0 Å². The van der Waals surface area contributed by atoms with Crippen molar-refractivity contribution in [2.45, 2.75) is 44.6 Å². The van der Waals surface area contributed by atoms with Gasteiger partial charge < -0.3 is 16.2 Å². The quantitative estimate of drug-likeness (QED) is 0.751. The van der Waals surface area contributed by atoms with Gasteiger partial charge >= 0.3 is 0 Å². The molecule has 4 N–H and O–H groups in total. The van der Waals surface area contributed by atoms with E-state index in [1.54, 1.807) is 0 Å². The molecular weight excluding hydrogens is 264 g/mol. The van der Waals surface area contributed by atoms with Gasteiger partial charge in [-0.2, -0.15) is 0 Å². The molecule has 1 atom stereocenters. The Hall–Kier alpha value is -1.39. The van der Waals surface area contributed by atoms with E-state index in [4.69, 9.17) is 5.73 Å². The van der Waals surface area contributed by atoms with Crippen LogP contribution in [-0.4, -0.2) is 24.2 Å². The zero-order valence-electron chi connectivity index (χ0n) is 12.6. The van der Waals surface area contributed by atoms with Crippen LogP contribution in [0.4, 0.5) is 0 Å². The van der Waals surface area contributed by atoms with Crippen molar-refractivity contribution in [3.05, 3.63) is 35.9 Å². The first kappa shape index (κ1) is 16.0. The maximum atomic E-state index is 12.3. The molecule has 4 heteroatoms. The zero-order chi connectivity index (χ0) is 15.1. The van der Waals surface area contributed by atoms with Crippen LogP contribution in [0.2, 0.25) is 0 Å². The standard InChI is InChI=1S/C17H26N2O2/c18-13-17(9-5-2-6-10-17)11-16(21)19-15(12-20)14-7-3-1-4-8-14/h1,3-4,7-8,15,20H,2,5-6,9-13,18H2,(H,19,21)/t15-/m0/s1. The molecule has 2 rings (SSSR count). The largest absolute Gasteiger partial charge is 0.394 e. The second kappa shape index (κ2) is 7.57. The molecular formula is C17H26N2O2. The molecule has 0 radical (unpaired) electrons. The third-order valence-corrected chi connectivity index (χ3v) is 4.60. The van der Waals surface area contributed by atoms with Gasteiger partial charge in [-0.05, 0) is 30.4 Å². The number of carbonyl (C=O) groups is 1. The Morgan fingerprint density at radius 1 is 1.24 bits per heavy atom. The third-order valence-electron chi connectivity index (χ3n) is 4.60. The summed E-state index contributed by atoms with van der Waals surface area (Å²) < 4.78 is 0. The molecule has 4 nitrogen and oxygen atoms in total. The van der Waals surface area contributed by atoms with Crippen molar-refractivity contribution in [2.75, 3.05) is 13.2 Å². The summed E-state index contributed by atoms with van der Waals surface area (Å²) in [6, 6.07) is 9.24. The summed E-state index contributed by atoms with van der Waals surface area (Å²) in [6.07, 6.45) is 6.09. The number of carbonyl (C=O) groups excluding carboxylic acids is 1. The number of nitrogens with one attached hydrogen (secondary N) is 1. The van der Waals surface area contributed by atoms with E-state index in [0.29, 0.717) is 13.0 Å². The minimum Gasteiger partial charge on any atom is -0.394 e. The molecule has 1 aromatic rings. The first-order chi connectivity index (χ1) is 10.2. The number of amides is 1. The molecule has 0 saturated heterocycles.